The maximum atomic E-state index is 5.95. The lowest BCUT2D eigenvalue weighted by atomic mass is 10.1. The third-order valence-corrected chi connectivity index (χ3v) is 6.41. The molecular weight excluding hydrogens is 468 g/mol. The molecule has 0 saturated carbocycles. The van der Waals surface area contributed by atoms with Crippen molar-refractivity contribution in [3.8, 4) is 28.6 Å². The summed E-state index contributed by atoms with van der Waals surface area (Å²) < 4.78 is 13.6. The highest BCUT2D eigenvalue weighted by Gasteiger charge is 2.19. The minimum Gasteiger partial charge on any atom is -0.494 e. The maximum absolute atomic E-state index is 5.95. The van der Waals surface area contributed by atoms with Crippen LogP contribution < -0.4 is 9.47 Å². The number of rotatable bonds is 9. The second-order valence-corrected chi connectivity index (χ2v) is 8.97. The van der Waals surface area contributed by atoms with E-state index in [1.54, 1.807) is 11.8 Å². The minimum absolute atomic E-state index is 0.533. The molecule has 0 aliphatic carbocycles. The zero-order valence-corrected chi connectivity index (χ0v) is 20.1. The van der Waals surface area contributed by atoms with Gasteiger partial charge in [0.05, 0.1) is 13.2 Å². The van der Waals surface area contributed by atoms with Crippen molar-refractivity contribution in [3.05, 3.63) is 84.0 Å². The third-order valence-electron chi connectivity index (χ3n) is 5.27. The number of aromatic amines is 1. The summed E-state index contributed by atoms with van der Waals surface area (Å²) in [6, 6.07) is 23.6. The fraction of sp³-hybridized carbons (Fsp3) is 0.154. The summed E-state index contributed by atoms with van der Waals surface area (Å²) in [5.74, 6) is 3.12. The van der Waals surface area contributed by atoms with Gasteiger partial charge in [0.1, 0.15) is 11.5 Å². The Balaban J connectivity index is 1.43. The average molecular weight is 491 g/mol. The van der Waals surface area contributed by atoms with E-state index < -0.39 is 0 Å². The lowest BCUT2D eigenvalue weighted by Gasteiger charge is -2.11. The molecule has 0 saturated heterocycles. The van der Waals surface area contributed by atoms with E-state index in [-0.39, 0.29) is 0 Å². The summed E-state index contributed by atoms with van der Waals surface area (Å²) in [5, 5.41) is 11.7. The van der Waals surface area contributed by atoms with Gasteiger partial charge in [-0.1, -0.05) is 41.6 Å². The highest BCUT2D eigenvalue weighted by molar-refractivity contribution is 7.99. The molecule has 5 rings (SSSR count). The van der Waals surface area contributed by atoms with Crippen LogP contribution >= 0.6 is 23.4 Å². The Labute approximate surface area is 206 Å². The van der Waals surface area contributed by atoms with Crippen LogP contribution in [-0.4, -0.2) is 38.7 Å². The summed E-state index contributed by atoms with van der Waals surface area (Å²) in [7, 11) is 0. The lowest BCUT2D eigenvalue weighted by Crippen LogP contribution is -2.03. The van der Waals surface area contributed by atoms with Crippen molar-refractivity contribution in [3.63, 3.8) is 0 Å². The molecule has 0 spiro atoms. The molecule has 6 nitrogen and oxygen atoms in total. The summed E-state index contributed by atoms with van der Waals surface area (Å²) in [4.78, 5) is 3.34. The number of H-pyrrole nitrogens is 1. The van der Waals surface area contributed by atoms with Crippen LogP contribution in [0.5, 0.6) is 11.5 Å². The van der Waals surface area contributed by atoms with Crippen LogP contribution in [0.3, 0.4) is 0 Å². The van der Waals surface area contributed by atoms with E-state index in [1.807, 2.05) is 73.8 Å². The van der Waals surface area contributed by atoms with Gasteiger partial charge in [0, 0.05) is 39.1 Å². The Morgan fingerprint density at radius 2 is 1.65 bits per heavy atom. The molecular formula is C26H23ClN4O2S. The molecule has 172 valence electrons. The quantitative estimate of drug-likeness (QED) is 0.185. The van der Waals surface area contributed by atoms with Crippen molar-refractivity contribution in [2.24, 2.45) is 0 Å². The molecule has 0 bridgehead atoms. The molecule has 0 aliphatic rings. The first-order valence-corrected chi connectivity index (χ1v) is 12.4. The van der Waals surface area contributed by atoms with E-state index in [4.69, 9.17) is 21.1 Å². The van der Waals surface area contributed by atoms with Crippen LogP contribution in [0, 0.1) is 0 Å². The van der Waals surface area contributed by atoms with Gasteiger partial charge in [-0.2, -0.15) is 0 Å². The summed E-state index contributed by atoms with van der Waals surface area (Å²) >= 11 is 7.55. The molecule has 2 aromatic heterocycles. The number of benzene rings is 3. The van der Waals surface area contributed by atoms with Crippen molar-refractivity contribution < 1.29 is 9.47 Å². The third kappa shape index (κ3) is 4.76. The molecule has 0 atom stereocenters. The Kier molecular flexibility index (Phi) is 6.74. The summed E-state index contributed by atoms with van der Waals surface area (Å²) in [5.41, 5.74) is 3.03. The van der Waals surface area contributed by atoms with E-state index in [2.05, 4.69) is 31.9 Å². The number of halogens is 1. The van der Waals surface area contributed by atoms with Gasteiger partial charge in [-0.05, 0) is 61.5 Å². The van der Waals surface area contributed by atoms with Gasteiger partial charge < -0.3 is 14.5 Å². The molecule has 34 heavy (non-hydrogen) atoms. The normalized spacial score (nSPS) is 11.1. The second-order valence-electron chi connectivity index (χ2n) is 7.47. The molecule has 0 amide bonds. The van der Waals surface area contributed by atoms with Gasteiger partial charge >= 0.3 is 0 Å². The molecule has 0 fully saturated rings. The van der Waals surface area contributed by atoms with Gasteiger partial charge in [-0.15, -0.1) is 10.2 Å². The van der Waals surface area contributed by atoms with Gasteiger partial charge in [-0.25, -0.2) is 0 Å². The predicted molar refractivity (Wildman–Crippen MR) is 137 cm³/mol. The SMILES string of the molecule is CCOc1ccc(-n2c(SCCOc3ccc(Cl)cc3)nnc2-c2c[nH]c3ccccc23)cc1. The smallest absolute Gasteiger partial charge is 0.196 e. The largest absolute Gasteiger partial charge is 0.494 e. The first-order valence-electron chi connectivity index (χ1n) is 11.0. The Bertz CT molecular complexity index is 1380. The van der Waals surface area contributed by atoms with Crippen LogP contribution in [-0.2, 0) is 0 Å². The predicted octanol–water partition coefficient (Wildman–Crippen LogP) is 6.64. The van der Waals surface area contributed by atoms with E-state index >= 15 is 0 Å². The van der Waals surface area contributed by atoms with E-state index in [0.29, 0.717) is 24.0 Å². The van der Waals surface area contributed by atoms with Crippen LogP contribution in [0.15, 0.2) is 84.1 Å². The number of nitrogens with one attached hydrogen (secondary N) is 1. The van der Waals surface area contributed by atoms with Crippen LogP contribution in [0.1, 0.15) is 6.92 Å². The number of nitrogens with zero attached hydrogens (tertiary/aromatic N) is 3. The van der Waals surface area contributed by atoms with Gasteiger partial charge in [-0.3, -0.25) is 4.57 Å². The summed E-state index contributed by atoms with van der Waals surface area (Å²) in [6.45, 7) is 3.13. The first-order chi connectivity index (χ1) is 16.7. The molecule has 5 aromatic rings. The fourth-order valence-electron chi connectivity index (χ4n) is 3.71. The van der Waals surface area contributed by atoms with Crippen molar-refractivity contribution >= 4 is 34.3 Å². The molecule has 2 heterocycles. The second kappa shape index (κ2) is 10.2. The maximum Gasteiger partial charge on any atom is 0.196 e. The van der Waals surface area contributed by atoms with E-state index in [0.717, 1.165) is 44.6 Å². The zero-order chi connectivity index (χ0) is 23.3. The monoisotopic (exact) mass is 490 g/mol. The average Bonchev–Trinajstić information content (AvgIpc) is 3.48. The van der Waals surface area contributed by atoms with Gasteiger partial charge in [0.25, 0.3) is 0 Å². The van der Waals surface area contributed by atoms with Crippen molar-refractivity contribution in [1.82, 2.24) is 19.7 Å². The molecule has 8 heteroatoms. The van der Waals surface area contributed by atoms with E-state index in [9.17, 15) is 0 Å². The Morgan fingerprint density at radius 1 is 0.912 bits per heavy atom. The number of fused-ring (bicyclic) bond motifs is 1. The number of ether oxygens (including phenoxy) is 2. The minimum atomic E-state index is 0.533. The van der Waals surface area contributed by atoms with Crippen molar-refractivity contribution in [2.45, 2.75) is 12.1 Å². The van der Waals surface area contributed by atoms with Crippen LogP contribution in [0.2, 0.25) is 5.02 Å². The Morgan fingerprint density at radius 3 is 2.44 bits per heavy atom. The molecule has 1 N–H and O–H groups in total. The number of aromatic nitrogens is 4. The molecule has 3 aromatic carbocycles. The number of hydrogen-bond donors (Lipinski definition) is 1. The number of para-hydroxylation sites is 1. The summed E-state index contributed by atoms with van der Waals surface area (Å²) in [6.07, 6.45) is 1.98. The highest BCUT2D eigenvalue weighted by atomic mass is 35.5. The van der Waals surface area contributed by atoms with Gasteiger partial charge in [0.2, 0.25) is 0 Å². The fourth-order valence-corrected chi connectivity index (χ4v) is 4.60. The molecule has 0 radical (unpaired) electrons. The molecule has 0 aliphatic heterocycles. The standard InChI is InChI=1S/C26H23ClN4O2S/c1-2-32-20-13-9-19(10-14-20)31-25(23-17-28-24-6-4-3-5-22(23)24)29-30-26(31)34-16-15-33-21-11-7-18(27)8-12-21/h3-14,17,28H,2,15-16H2,1H3. The number of thioether (sulfide) groups is 1. The van der Waals surface area contributed by atoms with E-state index in [1.165, 1.54) is 0 Å². The van der Waals surface area contributed by atoms with Crippen molar-refractivity contribution in [2.75, 3.05) is 19.0 Å². The highest BCUT2D eigenvalue weighted by Crippen LogP contribution is 2.33. The van der Waals surface area contributed by atoms with Crippen LogP contribution in [0.4, 0.5) is 0 Å². The van der Waals surface area contributed by atoms with Crippen molar-refractivity contribution in [1.29, 1.82) is 0 Å². The van der Waals surface area contributed by atoms with Gasteiger partial charge in [0.15, 0.2) is 11.0 Å². The topological polar surface area (TPSA) is 65.0 Å². The molecule has 0 unspecified atom stereocenters. The zero-order valence-electron chi connectivity index (χ0n) is 18.6. The Hall–Kier alpha value is -3.42. The first kappa shape index (κ1) is 22.4. The van der Waals surface area contributed by atoms with Crippen LogP contribution in [0.25, 0.3) is 28.0 Å². The number of hydrogen-bond acceptors (Lipinski definition) is 5. The lowest BCUT2D eigenvalue weighted by molar-refractivity contribution is 0.340.